The van der Waals surface area contributed by atoms with Gasteiger partial charge in [-0.15, -0.1) is 0 Å². The maximum atomic E-state index is 12.9. The van der Waals surface area contributed by atoms with Gasteiger partial charge >= 0.3 is 0 Å². The van der Waals surface area contributed by atoms with Gasteiger partial charge < -0.3 is 21.5 Å². The zero-order chi connectivity index (χ0) is 23.5. The van der Waals surface area contributed by atoms with Crippen LogP contribution in [0.1, 0.15) is 36.6 Å². The second-order valence-corrected chi connectivity index (χ2v) is 10.7. The van der Waals surface area contributed by atoms with Crippen LogP contribution < -0.4 is 16.8 Å². The molecule has 1 aromatic carbocycles. The first-order valence-corrected chi connectivity index (χ1v) is 11.6. The molecule has 0 saturated heterocycles. The summed E-state index contributed by atoms with van der Waals surface area (Å²) in [5.41, 5.74) is 14.1. The second-order valence-electron chi connectivity index (χ2n) is 8.14. The Morgan fingerprint density at radius 1 is 1.31 bits per heavy atom. The van der Waals surface area contributed by atoms with E-state index < -0.39 is 32.2 Å². The molecule has 9 nitrogen and oxygen atoms in total. The monoisotopic (exact) mass is 457 g/mol. The Balaban J connectivity index is 1.82. The summed E-state index contributed by atoms with van der Waals surface area (Å²) in [6, 6.07) is 10.5. The van der Waals surface area contributed by atoms with Crippen LogP contribution in [0, 0.1) is 5.41 Å². The van der Waals surface area contributed by atoms with Crippen molar-refractivity contribution in [3.63, 3.8) is 0 Å². The van der Waals surface area contributed by atoms with Crippen LogP contribution in [0.25, 0.3) is 6.08 Å². The number of anilines is 1. The van der Waals surface area contributed by atoms with E-state index in [0.717, 1.165) is 11.1 Å². The smallest absolute Gasteiger partial charge is 0.271 e. The van der Waals surface area contributed by atoms with Crippen molar-refractivity contribution in [2.45, 2.75) is 31.1 Å². The molecule has 1 atom stereocenters. The number of aromatic nitrogens is 1. The van der Waals surface area contributed by atoms with Gasteiger partial charge in [0.1, 0.15) is 10.6 Å². The molecule has 0 fully saturated rings. The van der Waals surface area contributed by atoms with Crippen LogP contribution in [0.2, 0.25) is 0 Å². The molecular formula is C22H27N5O4S. The van der Waals surface area contributed by atoms with Crippen molar-refractivity contribution in [3.8, 4) is 0 Å². The summed E-state index contributed by atoms with van der Waals surface area (Å²) in [4.78, 5) is 16.6. The van der Waals surface area contributed by atoms with E-state index in [0.29, 0.717) is 18.0 Å². The van der Waals surface area contributed by atoms with Gasteiger partial charge in [0, 0.05) is 17.8 Å². The molecule has 2 heterocycles. The number of amides is 1. The SMILES string of the molecule is CC(C)(C(=N)N)S(=O)(=O)CC1COCc2ccc(NC(=O)C(N)=Cc3ccccn3)cc21. The number of sulfone groups is 1. The molecule has 1 aliphatic rings. The maximum Gasteiger partial charge on any atom is 0.271 e. The van der Waals surface area contributed by atoms with E-state index in [-0.39, 0.29) is 18.1 Å². The number of carbonyl (C=O) groups excluding carboxylic acids is 1. The highest BCUT2D eigenvalue weighted by atomic mass is 32.2. The van der Waals surface area contributed by atoms with E-state index in [1.54, 1.807) is 42.6 Å². The Morgan fingerprint density at radius 2 is 2.06 bits per heavy atom. The minimum atomic E-state index is -3.74. The number of rotatable bonds is 7. The largest absolute Gasteiger partial charge is 0.394 e. The van der Waals surface area contributed by atoms with Gasteiger partial charge in [0.2, 0.25) is 0 Å². The normalized spacial score (nSPS) is 16.8. The van der Waals surface area contributed by atoms with Gasteiger partial charge in [-0.1, -0.05) is 12.1 Å². The summed E-state index contributed by atoms with van der Waals surface area (Å²) < 4.78 is 29.9. The van der Waals surface area contributed by atoms with Crippen LogP contribution in [0.3, 0.4) is 0 Å². The summed E-state index contributed by atoms with van der Waals surface area (Å²) in [5, 5.41) is 10.4. The number of fused-ring (bicyclic) bond motifs is 1. The predicted molar refractivity (Wildman–Crippen MR) is 124 cm³/mol. The molecule has 1 aliphatic heterocycles. The number of nitrogens with zero attached hydrogens (tertiary/aromatic N) is 1. The molecule has 1 unspecified atom stereocenters. The second kappa shape index (κ2) is 9.09. The number of amidine groups is 1. The van der Waals surface area contributed by atoms with Crippen molar-refractivity contribution in [1.82, 2.24) is 4.98 Å². The Bertz CT molecular complexity index is 1160. The number of carbonyl (C=O) groups is 1. The van der Waals surface area contributed by atoms with Crippen molar-refractivity contribution in [3.05, 3.63) is 65.1 Å². The average molecular weight is 458 g/mol. The Morgan fingerprint density at radius 3 is 2.72 bits per heavy atom. The molecule has 32 heavy (non-hydrogen) atoms. The number of hydrogen-bond donors (Lipinski definition) is 4. The van der Waals surface area contributed by atoms with E-state index in [4.69, 9.17) is 21.6 Å². The summed E-state index contributed by atoms with van der Waals surface area (Å²) in [5.74, 6) is -1.60. The van der Waals surface area contributed by atoms with E-state index in [1.165, 1.54) is 19.9 Å². The predicted octanol–water partition coefficient (Wildman–Crippen LogP) is 1.76. The summed E-state index contributed by atoms with van der Waals surface area (Å²) >= 11 is 0. The Hall–Kier alpha value is -3.24. The number of pyridine rings is 1. The number of hydrogen-bond acceptors (Lipinski definition) is 7. The van der Waals surface area contributed by atoms with E-state index >= 15 is 0 Å². The van der Waals surface area contributed by atoms with Gasteiger partial charge in [0.15, 0.2) is 9.84 Å². The number of nitrogens with two attached hydrogens (primary N) is 2. The fraction of sp³-hybridized carbons (Fsp3) is 0.318. The fourth-order valence-electron chi connectivity index (χ4n) is 3.25. The lowest BCUT2D eigenvalue weighted by atomic mass is 9.94. The molecule has 0 spiro atoms. The Kier molecular flexibility index (Phi) is 6.65. The van der Waals surface area contributed by atoms with Gasteiger partial charge in [0.05, 0.1) is 30.4 Å². The highest BCUT2D eigenvalue weighted by Gasteiger charge is 2.40. The molecule has 0 saturated carbocycles. The van der Waals surface area contributed by atoms with Crippen LogP contribution >= 0.6 is 0 Å². The van der Waals surface area contributed by atoms with Gasteiger partial charge in [-0.05, 0) is 55.3 Å². The van der Waals surface area contributed by atoms with Crippen molar-refractivity contribution >= 4 is 33.3 Å². The first-order valence-electron chi connectivity index (χ1n) is 9.98. The zero-order valence-corrected chi connectivity index (χ0v) is 18.8. The van der Waals surface area contributed by atoms with Crippen molar-refractivity contribution in [2.24, 2.45) is 11.5 Å². The van der Waals surface area contributed by atoms with E-state index in [2.05, 4.69) is 10.3 Å². The maximum absolute atomic E-state index is 12.9. The topological polar surface area (TPSA) is 161 Å². The minimum absolute atomic E-state index is 0.00732. The summed E-state index contributed by atoms with van der Waals surface area (Å²) in [6.07, 6.45) is 3.07. The van der Waals surface area contributed by atoms with E-state index in [9.17, 15) is 13.2 Å². The molecule has 0 radical (unpaired) electrons. The molecule has 2 aromatic rings. The fourth-order valence-corrected chi connectivity index (χ4v) is 4.81. The molecule has 1 amide bonds. The highest BCUT2D eigenvalue weighted by molar-refractivity contribution is 7.93. The zero-order valence-electron chi connectivity index (χ0n) is 18.0. The Labute approximate surface area is 187 Å². The quantitative estimate of drug-likeness (QED) is 0.280. The lowest BCUT2D eigenvalue weighted by molar-refractivity contribution is -0.112. The first-order chi connectivity index (χ1) is 15.0. The molecule has 0 bridgehead atoms. The van der Waals surface area contributed by atoms with E-state index in [1.807, 2.05) is 0 Å². The van der Waals surface area contributed by atoms with Crippen LogP contribution in [0.4, 0.5) is 5.69 Å². The average Bonchev–Trinajstić information content (AvgIpc) is 2.74. The number of nitrogens with one attached hydrogen (secondary N) is 2. The van der Waals surface area contributed by atoms with Gasteiger partial charge in [-0.3, -0.25) is 15.2 Å². The number of ether oxygens (including phenoxy) is 1. The molecular weight excluding hydrogens is 430 g/mol. The lowest BCUT2D eigenvalue weighted by Crippen LogP contribution is -2.47. The third kappa shape index (κ3) is 4.97. The van der Waals surface area contributed by atoms with Crippen LogP contribution in [-0.2, 0) is 26.0 Å². The summed E-state index contributed by atoms with van der Waals surface area (Å²) in [7, 11) is -3.74. The molecule has 6 N–H and O–H groups in total. The van der Waals surface area contributed by atoms with Gasteiger partial charge in [-0.25, -0.2) is 8.42 Å². The molecule has 170 valence electrons. The summed E-state index contributed by atoms with van der Waals surface area (Å²) in [6.45, 7) is 3.39. The molecule has 0 aliphatic carbocycles. The molecule has 10 heteroatoms. The lowest BCUT2D eigenvalue weighted by Gasteiger charge is -2.30. The van der Waals surface area contributed by atoms with Crippen molar-refractivity contribution in [1.29, 1.82) is 5.41 Å². The first kappa shape index (κ1) is 23.4. The van der Waals surface area contributed by atoms with Gasteiger partial charge in [0.25, 0.3) is 5.91 Å². The van der Waals surface area contributed by atoms with Gasteiger partial charge in [-0.2, -0.15) is 0 Å². The van der Waals surface area contributed by atoms with Crippen molar-refractivity contribution in [2.75, 3.05) is 17.7 Å². The van der Waals surface area contributed by atoms with Crippen molar-refractivity contribution < 1.29 is 17.9 Å². The number of benzene rings is 1. The van der Waals surface area contributed by atoms with Crippen LogP contribution in [0.15, 0.2) is 48.3 Å². The van der Waals surface area contributed by atoms with Crippen LogP contribution in [0.5, 0.6) is 0 Å². The standard InChI is InChI=1S/C22H27N5O4S/c1-22(2,21(24)25)32(29,30)13-15-12-31-11-14-6-7-17(9-18(14)15)27-20(28)19(23)10-16-5-3-4-8-26-16/h3-10,15H,11-13,23H2,1-2H3,(H3,24,25)(H,27,28). The third-order valence-electron chi connectivity index (χ3n) is 5.52. The van der Waals surface area contributed by atoms with Crippen LogP contribution in [-0.4, -0.2) is 42.3 Å². The molecule has 1 aromatic heterocycles. The highest BCUT2D eigenvalue weighted by Crippen LogP contribution is 2.32. The minimum Gasteiger partial charge on any atom is -0.394 e. The molecule has 3 rings (SSSR count). The third-order valence-corrected chi connectivity index (χ3v) is 8.14.